The second-order valence-electron chi connectivity index (χ2n) is 7.42. The number of likely N-dealkylation sites (tertiary alicyclic amines) is 1. The van der Waals surface area contributed by atoms with Gasteiger partial charge in [0.05, 0.1) is 0 Å². The first-order chi connectivity index (χ1) is 8.54. The molecule has 0 aromatic carbocycles. The van der Waals surface area contributed by atoms with Crippen LogP contribution in [0.25, 0.3) is 0 Å². The Hall–Kier alpha value is -0.0800. The summed E-state index contributed by atoms with van der Waals surface area (Å²) in [4.78, 5) is 2.85. The van der Waals surface area contributed by atoms with Gasteiger partial charge in [-0.05, 0) is 50.6 Å². The lowest BCUT2D eigenvalue weighted by atomic mass is 9.69. The van der Waals surface area contributed by atoms with Crippen LogP contribution in [-0.2, 0) is 0 Å². The highest BCUT2D eigenvalue weighted by molar-refractivity contribution is 4.94. The maximum atomic E-state index is 3.39. The van der Waals surface area contributed by atoms with Crippen LogP contribution in [0, 0.1) is 11.3 Å². The van der Waals surface area contributed by atoms with Crippen LogP contribution in [0.2, 0.25) is 0 Å². The summed E-state index contributed by atoms with van der Waals surface area (Å²) >= 11 is 0. The summed E-state index contributed by atoms with van der Waals surface area (Å²) in [6, 6.07) is 1.64. The van der Waals surface area contributed by atoms with Crippen LogP contribution in [0.4, 0.5) is 0 Å². The fraction of sp³-hybridized carbons (Fsp3) is 1.00. The molecule has 0 spiro atoms. The van der Waals surface area contributed by atoms with E-state index in [-0.39, 0.29) is 0 Å². The van der Waals surface area contributed by atoms with E-state index in [1.165, 1.54) is 51.6 Å². The van der Waals surface area contributed by atoms with E-state index >= 15 is 0 Å². The van der Waals surface area contributed by atoms with Crippen molar-refractivity contribution in [2.24, 2.45) is 11.3 Å². The Labute approximate surface area is 114 Å². The molecule has 1 aliphatic carbocycles. The first kappa shape index (κ1) is 14.3. The predicted octanol–water partition coefficient (Wildman–Crippen LogP) is 3.28. The number of nitrogens with zero attached hydrogens (tertiary/aromatic N) is 1. The zero-order valence-corrected chi connectivity index (χ0v) is 12.8. The van der Waals surface area contributed by atoms with Crippen molar-refractivity contribution in [3.63, 3.8) is 0 Å². The van der Waals surface area contributed by atoms with Crippen LogP contribution in [0.3, 0.4) is 0 Å². The normalized spacial score (nSPS) is 35.0. The summed E-state index contributed by atoms with van der Waals surface area (Å²) in [7, 11) is 2.10. The highest BCUT2D eigenvalue weighted by Gasteiger charge is 2.40. The molecule has 1 saturated carbocycles. The largest absolute Gasteiger partial charge is 0.318 e. The first-order valence-corrected chi connectivity index (χ1v) is 7.94. The Morgan fingerprint density at radius 2 is 1.78 bits per heavy atom. The van der Waals surface area contributed by atoms with Crippen molar-refractivity contribution in [3.8, 4) is 0 Å². The lowest BCUT2D eigenvalue weighted by Gasteiger charge is -2.46. The van der Waals surface area contributed by atoms with E-state index in [4.69, 9.17) is 0 Å². The molecule has 1 heterocycles. The summed E-state index contributed by atoms with van der Waals surface area (Å²) in [6.45, 7) is 9.84. The van der Waals surface area contributed by atoms with Gasteiger partial charge in [0.2, 0.25) is 0 Å². The molecule has 106 valence electrons. The van der Waals surface area contributed by atoms with Gasteiger partial charge in [0, 0.05) is 18.6 Å². The summed E-state index contributed by atoms with van der Waals surface area (Å²) in [5, 5.41) is 3.39. The van der Waals surface area contributed by atoms with E-state index in [9.17, 15) is 0 Å². The number of likely N-dealkylation sites (N-methyl/N-ethyl adjacent to an activating group) is 1. The molecule has 2 fully saturated rings. The van der Waals surface area contributed by atoms with Gasteiger partial charge in [0.25, 0.3) is 0 Å². The molecule has 0 bridgehead atoms. The van der Waals surface area contributed by atoms with Gasteiger partial charge >= 0.3 is 0 Å². The number of rotatable bonds is 3. The molecule has 0 amide bonds. The first-order valence-electron chi connectivity index (χ1n) is 7.94. The molecule has 2 aliphatic rings. The molecule has 2 heteroatoms. The van der Waals surface area contributed by atoms with E-state index in [0.717, 1.165) is 18.0 Å². The van der Waals surface area contributed by atoms with Crippen molar-refractivity contribution in [3.05, 3.63) is 0 Å². The van der Waals surface area contributed by atoms with E-state index in [1.807, 2.05) is 0 Å². The lowest BCUT2D eigenvalue weighted by molar-refractivity contribution is 0.0342. The highest BCUT2D eigenvalue weighted by atomic mass is 15.2. The van der Waals surface area contributed by atoms with Gasteiger partial charge in [-0.1, -0.05) is 33.6 Å². The van der Waals surface area contributed by atoms with Crippen molar-refractivity contribution in [1.29, 1.82) is 0 Å². The fourth-order valence-electron chi connectivity index (χ4n) is 4.27. The number of nitrogens with one attached hydrogen (secondary N) is 1. The Morgan fingerprint density at radius 1 is 1.06 bits per heavy atom. The number of hydrogen-bond acceptors (Lipinski definition) is 2. The van der Waals surface area contributed by atoms with Crippen molar-refractivity contribution < 1.29 is 0 Å². The van der Waals surface area contributed by atoms with E-state index in [1.54, 1.807) is 0 Å². The maximum absolute atomic E-state index is 3.39. The van der Waals surface area contributed by atoms with Gasteiger partial charge in [0.15, 0.2) is 0 Å². The summed E-state index contributed by atoms with van der Waals surface area (Å²) < 4.78 is 0. The molecule has 2 rings (SSSR count). The van der Waals surface area contributed by atoms with Gasteiger partial charge in [-0.25, -0.2) is 0 Å². The Morgan fingerprint density at radius 3 is 2.44 bits per heavy atom. The minimum absolute atomic E-state index is 0.470. The summed E-state index contributed by atoms with van der Waals surface area (Å²) in [6.07, 6.45) is 8.57. The van der Waals surface area contributed by atoms with Gasteiger partial charge in [-0.15, -0.1) is 0 Å². The van der Waals surface area contributed by atoms with Gasteiger partial charge in [0.1, 0.15) is 0 Å². The van der Waals surface area contributed by atoms with E-state index in [0.29, 0.717) is 5.41 Å². The SMILES string of the molecule is CNCC1CCCN1C1CCCCC1C(C)(C)C. The molecule has 1 N–H and O–H groups in total. The highest BCUT2D eigenvalue weighted by Crippen LogP contribution is 2.42. The monoisotopic (exact) mass is 252 g/mol. The predicted molar refractivity (Wildman–Crippen MR) is 78.9 cm³/mol. The molecule has 0 radical (unpaired) electrons. The summed E-state index contributed by atoms with van der Waals surface area (Å²) in [5.41, 5.74) is 0.470. The van der Waals surface area contributed by atoms with Gasteiger partial charge in [-0.2, -0.15) is 0 Å². The third-order valence-corrected chi connectivity index (χ3v) is 5.13. The third kappa shape index (κ3) is 3.08. The van der Waals surface area contributed by atoms with Crippen LogP contribution in [-0.4, -0.2) is 37.1 Å². The Kier molecular flexibility index (Phi) is 4.71. The van der Waals surface area contributed by atoms with Gasteiger partial charge < -0.3 is 5.32 Å². The van der Waals surface area contributed by atoms with Crippen LogP contribution in [0.5, 0.6) is 0 Å². The average Bonchev–Trinajstić information content (AvgIpc) is 2.77. The number of hydrogen-bond donors (Lipinski definition) is 1. The molecule has 0 aromatic heterocycles. The molecule has 2 nitrogen and oxygen atoms in total. The van der Waals surface area contributed by atoms with Crippen LogP contribution >= 0.6 is 0 Å². The molecule has 18 heavy (non-hydrogen) atoms. The minimum atomic E-state index is 0.470. The molecule has 0 aromatic rings. The van der Waals surface area contributed by atoms with Crippen LogP contribution < -0.4 is 5.32 Å². The van der Waals surface area contributed by atoms with Crippen LogP contribution in [0.1, 0.15) is 59.3 Å². The Balaban J connectivity index is 2.08. The Bertz CT molecular complexity index is 256. The molecule has 3 atom stereocenters. The second-order valence-corrected chi connectivity index (χ2v) is 7.42. The molecule has 1 aliphatic heterocycles. The smallest absolute Gasteiger partial charge is 0.0224 e. The molecule has 3 unspecified atom stereocenters. The zero-order valence-electron chi connectivity index (χ0n) is 12.8. The van der Waals surface area contributed by atoms with Crippen molar-refractivity contribution in [2.45, 2.75) is 71.4 Å². The average molecular weight is 252 g/mol. The topological polar surface area (TPSA) is 15.3 Å². The summed E-state index contributed by atoms with van der Waals surface area (Å²) in [5.74, 6) is 0.892. The van der Waals surface area contributed by atoms with Crippen molar-refractivity contribution >= 4 is 0 Å². The maximum Gasteiger partial charge on any atom is 0.0224 e. The quantitative estimate of drug-likeness (QED) is 0.829. The van der Waals surface area contributed by atoms with Crippen molar-refractivity contribution in [1.82, 2.24) is 10.2 Å². The van der Waals surface area contributed by atoms with Crippen LogP contribution in [0.15, 0.2) is 0 Å². The lowest BCUT2D eigenvalue weighted by Crippen LogP contribution is -2.50. The van der Waals surface area contributed by atoms with Gasteiger partial charge in [-0.3, -0.25) is 4.90 Å². The zero-order chi connectivity index (χ0) is 13.2. The second kappa shape index (κ2) is 5.92. The van der Waals surface area contributed by atoms with E-state index in [2.05, 4.69) is 38.0 Å². The molecule has 1 saturated heterocycles. The third-order valence-electron chi connectivity index (χ3n) is 5.13. The fourth-order valence-corrected chi connectivity index (χ4v) is 4.27. The van der Waals surface area contributed by atoms with Crippen molar-refractivity contribution in [2.75, 3.05) is 20.1 Å². The van der Waals surface area contributed by atoms with E-state index < -0.39 is 0 Å². The minimum Gasteiger partial charge on any atom is -0.318 e. The standard InChI is InChI=1S/C16H32N2/c1-16(2,3)14-9-5-6-10-15(14)18-11-7-8-13(18)12-17-4/h13-15,17H,5-12H2,1-4H3. The molecular weight excluding hydrogens is 220 g/mol. The molecular formula is C16H32N2.